The maximum atomic E-state index is 12.8. The number of carbonyl (C=O) groups excluding carboxylic acids is 2. The van der Waals surface area contributed by atoms with Gasteiger partial charge in [-0.25, -0.2) is 0 Å². The van der Waals surface area contributed by atoms with Gasteiger partial charge in [-0.1, -0.05) is 60.7 Å². The van der Waals surface area contributed by atoms with Crippen LogP contribution in [0.2, 0.25) is 0 Å². The van der Waals surface area contributed by atoms with Gasteiger partial charge in [-0.05, 0) is 35.9 Å². The van der Waals surface area contributed by atoms with Gasteiger partial charge < -0.3 is 20.1 Å². The van der Waals surface area contributed by atoms with E-state index in [1.807, 2.05) is 66.7 Å². The van der Waals surface area contributed by atoms with Crippen LogP contribution in [0.5, 0.6) is 11.5 Å². The number of ether oxygens (including phenoxy) is 2. The Morgan fingerprint density at radius 2 is 1.42 bits per heavy atom. The van der Waals surface area contributed by atoms with Crippen molar-refractivity contribution in [2.45, 2.75) is 6.92 Å². The summed E-state index contributed by atoms with van der Waals surface area (Å²) in [6.07, 6.45) is 1.62. The molecule has 0 saturated heterocycles. The van der Waals surface area contributed by atoms with E-state index in [-0.39, 0.29) is 11.6 Å². The molecular formula is C25H24N2O4. The summed E-state index contributed by atoms with van der Waals surface area (Å²) in [6, 6.07) is 25.9. The minimum absolute atomic E-state index is 0.140. The minimum atomic E-state index is -0.448. The fourth-order valence-electron chi connectivity index (χ4n) is 2.78. The van der Waals surface area contributed by atoms with Crippen LogP contribution in [0.4, 0.5) is 5.69 Å². The average Bonchev–Trinajstić information content (AvgIpc) is 2.78. The summed E-state index contributed by atoms with van der Waals surface area (Å²) >= 11 is 0. The molecule has 0 unspecified atom stereocenters. The van der Waals surface area contributed by atoms with Crippen LogP contribution in [-0.2, 0) is 9.59 Å². The molecule has 0 saturated carbocycles. The quantitative estimate of drug-likeness (QED) is 0.404. The lowest BCUT2D eigenvalue weighted by molar-refractivity contribution is -0.120. The van der Waals surface area contributed by atoms with Gasteiger partial charge in [-0.15, -0.1) is 0 Å². The summed E-state index contributed by atoms with van der Waals surface area (Å²) in [7, 11) is 0. The van der Waals surface area contributed by atoms with Gasteiger partial charge in [0.1, 0.15) is 30.4 Å². The second-order valence-electron chi connectivity index (χ2n) is 6.61. The van der Waals surface area contributed by atoms with Gasteiger partial charge in [0.15, 0.2) is 0 Å². The Bertz CT molecular complexity index is 1030. The molecule has 0 aromatic heterocycles. The number of rotatable bonds is 9. The van der Waals surface area contributed by atoms with Crippen molar-refractivity contribution in [2.24, 2.45) is 0 Å². The number of benzene rings is 3. The molecule has 3 aromatic rings. The molecule has 0 bridgehead atoms. The first-order valence-electron chi connectivity index (χ1n) is 9.87. The molecule has 0 heterocycles. The van der Waals surface area contributed by atoms with E-state index < -0.39 is 5.91 Å². The largest absolute Gasteiger partial charge is 0.490 e. The summed E-state index contributed by atoms with van der Waals surface area (Å²) in [4.78, 5) is 24.4. The van der Waals surface area contributed by atoms with Crippen LogP contribution >= 0.6 is 0 Å². The highest BCUT2D eigenvalue weighted by molar-refractivity contribution is 6.09. The first kappa shape index (κ1) is 21.6. The molecule has 0 radical (unpaired) electrons. The van der Waals surface area contributed by atoms with Crippen LogP contribution in [0.15, 0.2) is 90.6 Å². The fourth-order valence-corrected chi connectivity index (χ4v) is 2.78. The summed E-state index contributed by atoms with van der Waals surface area (Å²) in [5.74, 6) is 0.489. The molecule has 6 heteroatoms. The van der Waals surface area contributed by atoms with Crippen molar-refractivity contribution >= 4 is 23.6 Å². The number of amides is 2. The molecule has 3 rings (SSSR count). The Labute approximate surface area is 181 Å². The number of anilines is 1. The number of para-hydroxylation sites is 3. The van der Waals surface area contributed by atoms with Crippen LogP contribution in [0.1, 0.15) is 12.5 Å². The van der Waals surface area contributed by atoms with Gasteiger partial charge in [0, 0.05) is 6.92 Å². The van der Waals surface area contributed by atoms with E-state index in [2.05, 4.69) is 10.6 Å². The molecular weight excluding hydrogens is 392 g/mol. The number of hydrogen-bond donors (Lipinski definition) is 2. The van der Waals surface area contributed by atoms with Crippen molar-refractivity contribution < 1.29 is 19.1 Å². The Morgan fingerprint density at radius 1 is 0.806 bits per heavy atom. The van der Waals surface area contributed by atoms with Crippen molar-refractivity contribution in [1.82, 2.24) is 5.32 Å². The fraction of sp³-hybridized carbons (Fsp3) is 0.120. The normalized spacial score (nSPS) is 10.8. The van der Waals surface area contributed by atoms with Crippen LogP contribution in [-0.4, -0.2) is 25.0 Å². The molecule has 0 atom stereocenters. The Morgan fingerprint density at radius 3 is 2.13 bits per heavy atom. The van der Waals surface area contributed by atoms with Crippen molar-refractivity contribution in [1.29, 1.82) is 0 Å². The lowest BCUT2D eigenvalue weighted by Crippen LogP contribution is -2.29. The summed E-state index contributed by atoms with van der Waals surface area (Å²) in [5.41, 5.74) is 1.43. The number of hydrogen-bond acceptors (Lipinski definition) is 4. The minimum Gasteiger partial charge on any atom is -0.490 e. The third kappa shape index (κ3) is 7.04. The SMILES string of the molecule is CC(=O)N/C(=C\c1ccccc1)C(=O)Nc1ccccc1OCCOc1ccccc1. The molecule has 0 spiro atoms. The van der Waals surface area contributed by atoms with E-state index in [0.717, 1.165) is 11.3 Å². The first-order chi connectivity index (χ1) is 15.1. The van der Waals surface area contributed by atoms with Gasteiger partial charge in [0.2, 0.25) is 5.91 Å². The van der Waals surface area contributed by atoms with E-state index in [4.69, 9.17) is 9.47 Å². The monoisotopic (exact) mass is 416 g/mol. The van der Waals surface area contributed by atoms with Gasteiger partial charge >= 0.3 is 0 Å². The van der Waals surface area contributed by atoms with E-state index >= 15 is 0 Å². The lowest BCUT2D eigenvalue weighted by atomic mass is 10.2. The van der Waals surface area contributed by atoms with E-state index in [9.17, 15) is 9.59 Å². The zero-order valence-electron chi connectivity index (χ0n) is 17.2. The van der Waals surface area contributed by atoms with Crippen molar-refractivity contribution in [3.8, 4) is 11.5 Å². The zero-order valence-corrected chi connectivity index (χ0v) is 17.2. The topological polar surface area (TPSA) is 76.7 Å². The van der Waals surface area contributed by atoms with Gasteiger partial charge in [-0.2, -0.15) is 0 Å². The first-order valence-corrected chi connectivity index (χ1v) is 9.87. The molecule has 0 fully saturated rings. The maximum Gasteiger partial charge on any atom is 0.272 e. The predicted octanol–water partition coefficient (Wildman–Crippen LogP) is 4.26. The molecule has 158 valence electrons. The third-order valence-electron chi connectivity index (χ3n) is 4.15. The second-order valence-corrected chi connectivity index (χ2v) is 6.61. The van der Waals surface area contributed by atoms with E-state index in [1.54, 1.807) is 24.3 Å². The third-order valence-corrected chi connectivity index (χ3v) is 4.15. The highest BCUT2D eigenvalue weighted by Crippen LogP contribution is 2.24. The highest BCUT2D eigenvalue weighted by atomic mass is 16.5. The van der Waals surface area contributed by atoms with E-state index in [0.29, 0.717) is 24.7 Å². The number of carbonyl (C=O) groups is 2. The second kappa shape index (κ2) is 11.2. The molecule has 2 N–H and O–H groups in total. The smallest absolute Gasteiger partial charge is 0.272 e. The lowest BCUT2D eigenvalue weighted by Gasteiger charge is -2.14. The van der Waals surface area contributed by atoms with Crippen molar-refractivity contribution in [2.75, 3.05) is 18.5 Å². The summed E-state index contributed by atoms with van der Waals surface area (Å²) in [5, 5.41) is 5.39. The maximum absolute atomic E-state index is 12.8. The standard InChI is InChI=1S/C25H24N2O4/c1-19(28)26-23(18-20-10-4-2-5-11-20)25(29)27-22-14-8-9-15-24(22)31-17-16-30-21-12-6-3-7-13-21/h2-15,18H,16-17H2,1H3,(H,26,28)(H,27,29)/b23-18-. The van der Waals surface area contributed by atoms with Crippen molar-refractivity contribution in [3.05, 3.63) is 96.2 Å². The van der Waals surface area contributed by atoms with Gasteiger partial charge in [0.25, 0.3) is 5.91 Å². The summed E-state index contributed by atoms with van der Waals surface area (Å²) < 4.78 is 11.4. The van der Waals surface area contributed by atoms with Gasteiger partial charge in [0.05, 0.1) is 5.69 Å². The predicted molar refractivity (Wildman–Crippen MR) is 121 cm³/mol. The van der Waals surface area contributed by atoms with Gasteiger partial charge in [-0.3, -0.25) is 9.59 Å². The molecule has 0 aliphatic rings. The molecule has 31 heavy (non-hydrogen) atoms. The molecule has 2 amide bonds. The average molecular weight is 416 g/mol. The molecule has 0 aliphatic carbocycles. The van der Waals surface area contributed by atoms with Crippen LogP contribution in [0.25, 0.3) is 6.08 Å². The Kier molecular flexibility index (Phi) is 7.83. The van der Waals surface area contributed by atoms with Crippen molar-refractivity contribution in [3.63, 3.8) is 0 Å². The highest BCUT2D eigenvalue weighted by Gasteiger charge is 2.14. The number of nitrogens with one attached hydrogen (secondary N) is 2. The summed E-state index contributed by atoms with van der Waals surface area (Å²) in [6.45, 7) is 2.02. The van der Waals surface area contributed by atoms with Crippen LogP contribution < -0.4 is 20.1 Å². The van der Waals surface area contributed by atoms with Crippen LogP contribution in [0.3, 0.4) is 0 Å². The van der Waals surface area contributed by atoms with Crippen LogP contribution in [0, 0.1) is 0 Å². The molecule has 6 nitrogen and oxygen atoms in total. The van der Waals surface area contributed by atoms with E-state index in [1.165, 1.54) is 6.92 Å². The Hall–Kier alpha value is -4.06. The Balaban J connectivity index is 1.65. The molecule has 3 aromatic carbocycles. The zero-order chi connectivity index (χ0) is 21.9. The molecule has 0 aliphatic heterocycles.